The summed E-state index contributed by atoms with van der Waals surface area (Å²) >= 11 is 0. The molecule has 27 heavy (non-hydrogen) atoms. The Bertz CT molecular complexity index is 853. The molecule has 0 amide bonds. The summed E-state index contributed by atoms with van der Waals surface area (Å²) in [5.41, 5.74) is 3.32. The number of nitriles is 2. The molecule has 2 atom stereocenters. The highest BCUT2D eigenvalue weighted by Gasteiger charge is 2.23. The van der Waals surface area contributed by atoms with Crippen LogP contribution in [0.25, 0.3) is 11.3 Å². The van der Waals surface area contributed by atoms with Gasteiger partial charge in [0.15, 0.2) is 5.78 Å². The molecule has 136 valence electrons. The molecule has 0 bridgehead atoms. The summed E-state index contributed by atoms with van der Waals surface area (Å²) in [6.07, 6.45) is 5.63. The van der Waals surface area contributed by atoms with Gasteiger partial charge in [-0.15, -0.1) is 0 Å². The first kappa shape index (κ1) is 18.8. The molecule has 1 aliphatic heterocycles. The van der Waals surface area contributed by atoms with Gasteiger partial charge in [0.1, 0.15) is 0 Å². The SMILES string of the molecule is N#Cc1ccc(-c2ccc(C[C@@H](C#N)CC(=O)[C@@H]3CCCCN3)cn2)cc1. The van der Waals surface area contributed by atoms with Crippen LogP contribution in [0.2, 0.25) is 0 Å². The molecular formula is C22H22N4O. The maximum absolute atomic E-state index is 12.4. The first-order valence-electron chi connectivity index (χ1n) is 9.31. The highest BCUT2D eigenvalue weighted by atomic mass is 16.1. The van der Waals surface area contributed by atoms with E-state index in [2.05, 4.69) is 22.4 Å². The summed E-state index contributed by atoms with van der Waals surface area (Å²) in [6, 6.07) is 15.4. The predicted molar refractivity (Wildman–Crippen MR) is 102 cm³/mol. The van der Waals surface area contributed by atoms with Gasteiger partial charge in [0, 0.05) is 18.2 Å². The lowest BCUT2D eigenvalue weighted by atomic mass is 9.91. The third-order valence-electron chi connectivity index (χ3n) is 4.95. The van der Waals surface area contributed by atoms with E-state index in [0.717, 1.165) is 42.6 Å². The summed E-state index contributed by atoms with van der Waals surface area (Å²) in [6.45, 7) is 0.883. The molecular weight excluding hydrogens is 336 g/mol. The quantitative estimate of drug-likeness (QED) is 0.855. The van der Waals surface area contributed by atoms with E-state index in [1.807, 2.05) is 24.3 Å². The van der Waals surface area contributed by atoms with Gasteiger partial charge >= 0.3 is 0 Å². The summed E-state index contributed by atoms with van der Waals surface area (Å²) in [4.78, 5) is 16.9. The maximum atomic E-state index is 12.4. The van der Waals surface area contributed by atoms with Crippen molar-refractivity contribution in [3.05, 3.63) is 53.7 Å². The molecule has 1 aromatic heterocycles. The standard InChI is InChI=1S/C22H22N4O/c23-13-16-4-7-19(8-5-16)20-9-6-17(15-26-20)11-18(14-24)12-22(27)21-3-1-2-10-25-21/h4-9,15,18,21,25H,1-3,10-12H2/t18-,21+/m1/s1. The summed E-state index contributed by atoms with van der Waals surface area (Å²) in [7, 11) is 0. The monoisotopic (exact) mass is 358 g/mol. The number of piperidine rings is 1. The Kier molecular flexibility index (Phi) is 6.30. The second-order valence-electron chi connectivity index (χ2n) is 6.94. The third-order valence-corrected chi connectivity index (χ3v) is 4.95. The Balaban J connectivity index is 1.61. The fraction of sp³-hybridized carbons (Fsp3) is 0.364. The normalized spacial score (nSPS) is 17.5. The van der Waals surface area contributed by atoms with Crippen molar-refractivity contribution in [2.75, 3.05) is 6.54 Å². The summed E-state index contributed by atoms with van der Waals surface area (Å²) in [5, 5.41) is 21.6. The smallest absolute Gasteiger partial charge is 0.151 e. The van der Waals surface area contributed by atoms with E-state index in [0.29, 0.717) is 12.0 Å². The second kappa shape index (κ2) is 9.07. The fourth-order valence-electron chi connectivity index (χ4n) is 3.39. The van der Waals surface area contributed by atoms with Crippen LogP contribution in [0.4, 0.5) is 0 Å². The Labute approximate surface area is 159 Å². The average molecular weight is 358 g/mol. The molecule has 0 aliphatic carbocycles. The molecule has 1 aromatic carbocycles. The van der Waals surface area contributed by atoms with E-state index < -0.39 is 0 Å². The number of nitrogens with zero attached hydrogens (tertiary/aromatic N) is 3. The third kappa shape index (κ3) is 5.00. The van der Waals surface area contributed by atoms with Gasteiger partial charge in [0.25, 0.3) is 0 Å². The van der Waals surface area contributed by atoms with E-state index in [9.17, 15) is 10.1 Å². The minimum atomic E-state index is -0.330. The number of benzene rings is 1. The highest BCUT2D eigenvalue weighted by Crippen LogP contribution is 2.20. The number of ketones is 1. The molecule has 1 fully saturated rings. The zero-order chi connectivity index (χ0) is 19.1. The number of carbonyl (C=O) groups excluding carboxylic acids is 1. The highest BCUT2D eigenvalue weighted by molar-refractivity contribution is 5.84. The van der Waals surface area contributed by atoms with Crippen LogP contribution in [0, 0.1) is 28.6 Å². The van der Waals surface area contributed by atoms with E-state index in [1.165, 1.54) is 0 Å². The van der Waals surface area contributed by atoms with Crippen molar-refractivity contribution in [3.63, 3.8) is 0 Å². The van der Waals surface area contributed by atoms with Gasteiger partial charge in [-0.05, 0) is 49.6 Å². The van der Waals surface area contributed by atoms with Crippen molar-refractivity contribution >= 4 is 5.78 Å². The fourth-order valence-corrected chi connectivity index (χ4v) is 3.39. The second-order valence-corrected chi connectivity index (χ2v) is 6.94. The van der Waals surface area contributed by atoms with E-state index in [1.54, 1.807) is 18.3 Å². The van der Waals surface area contributed by atoms with Crippen molar-refractivity contribution < 1.29 is 4.79 Å². The molecule has 0 unspecified atom stereocenters. The largest absolute Gasteiger partial charge is 0.307 e. The number of pyridine rings is 1. The topological polar surface area (TPSA) is 89.6 Å². The van der Waals surface area contributed by atoms with Crippen LogP contribution in [0.1, 0.15) is 36.8 Å². The Morgan fingerprint density at radius 2 is 2.00 bits per heavy atom. The first-order chi connectivity index (χ1) is 13.2. The minimum Gasteiger partial charge on any atom is -0.307 e. The van der Waals surface area contributed by atoms with Crippen molar-refractivity contribution in [3.8, 4) is 23.4 Å². The molecule has 1 saturated heterocycles. The van der Waals surface area contributed by atoms with E-state index in [4.69, 9.17) is 5.26 Å². The van der Waals surface area contributed by atoms with Gasteiger partial charge in [0.2, 0.25) is 0 Å². The molecule has 2 heterocycles. The van der Waals surface area contributed by atoms with Gasteiger partial charge in [-0.25, -0.2) is 0 Å². The van der Waals surface area contributed by atoms with Crippen LogP contribution in [0.15, 0.2) is 42.6 Å². The van der Waals surface area contributed by atoms with Gasteiger partial charge in [-0.1, -0.05) is 24.6 Å². The van der Waals surface area contributed by atoms with Crippen molar-refractivity contribution in [1.29, 1.82) is 10.5 Å². The molecule has 5 nitrogen and oxygen atoms in total. The van der Waals surface area contributed by atoms with Gasteiger partial charge < -0.3 is 5.32 Å². The maximum Gasteiger partial charge on any atom is 0.151 e. The summed E-state index contributed by atoms with van der Waals surface area (Å²) < 4.78 is 0. The lowest BCUT2D eigenvalue weighted by Gasteiger charge is -2.23. The van der Waals surface area contributed by atoms with E-state index >= 15 is 0 Å². The number of aromatic nitrogens is 1. The number of nitrogens with one attached hydrogen (secondary N) is 1. The van der Waals surface area contributed by atoms with Gasteiger partial charge in [0.05, 0.1) is 35.4 Å². The zero-order valence-corrected chi connectivity index (χ0v) is 15.2. The lowest BCUT2D eigenvalue weighted by Crippen LogP contribution is -2.41. The van der Waals surface area contributed by atoms with Gasteiger partial charge in [-0.3, -0.25) is 9.78 Å². The zero-order valence-electron chi connectivity index (χ0n) is 15.2. The molecule has 1 aliphatic rings. The van der Waals surface area contributed by atoms with Crippen molar-refractivity contribution in [1.82, 2.24) is 10.3 Å². The molecule has 5 heteroatoms. The molecule has 0 radical (unpaired) electrons. The molecule has 0 saturated carbocycles. The number of carbonyl (C=O) groups is 1. The number of rotatable bonds is 6. The van der Waals surface area contributed by atoms with Crippen LogP contribution in [0.3, 0.4) is 0 Å². The van der Waals surface area contributed by atoms with Crippen LogP contribution in [0.5, 0.6) is 0 Å². The molecule has 0 spiro atoms. The van der Waals surface area contributed by atoms with Crippen LogP contribution >= 0.6 is 0 Å². The number of hydrogen-bond donors (Lipinski definition) is 1. The Hall–Kier alpha value is -3.02. The predicted octanol–water partition coefficient (Wildman–Crippen LogP) is 3.40. The number of hydrogen-bond acceptors (Lipinski definition) is 5. The average Bonchev–Trinajstić information content (AvgIpc) is 2.74. The van der Waals surface area contributed by atoms with Crippen LogP contribution < -0.4 is 5.32 Å². The number of Topliss-reactive ketones (excluding diaryl/α,β-unsaturated/α-hetero) is 1. The van der Waals surface area contributed by atoms with E-state index in [-0.39, 0.29) is 24.2 Å². The van der Waals surface area contributed by atoms with Crippen molar-refractivity contribution in [2.45, 2.75) is 38.1 Å². The van der Waals surface area contributed by atoms with Crippen molar-refractivity contribution in [2.24, 2.45) is 5.92 Å². The first-order valence-corrected chi connectivity index (χ1v) is 9.31. The minimum absolute atomic E-state index is 0.0912. The van der Waals surface area contributed by atoms with Crippen LogP contribution in [-0.2, 0) is 11.2 Å². The Morgan fingerprint density at radius 3 is 2.59 bits per heavy atom. The lowest BCUT2D eigenvalue weighted by molar-refractivity contribution is -0.122. The Morgan fingerprint density at radius 1 is 1.19 bits per heavy atom. The molecule has 3 rings (SSSR count). The molecule has 2 aromatic rings. The van der Waals surface area contributed by atoms with Gasteiger partial charge in [-0.2, -0.15) is 10.5 Å². The molecule has 1 N–H and O–H groups in total. The summed E-state index contributed by atoms with van der Waals surface area (Å²) in [5.74, 6) is -0.188. The van der Waals surface area contributed by atoms with Crippen LogP contribution in [-0.4, -0.2) is 23.4 Å².